The zero-order valence-electron chi connectivity index (χ0n) is 14.9. The second-order valence-corrected chi connectivity index (χ2v) is 7.30. The molecule has 1 fully saturated rings. The van der Waals surface area contributed by atoms with Crippen LogP contribution in [0.1, 0.15) is 27.7 Å². The molecule has 0 aromatic heterocycles. The molecule has 1 amide bonds. The summed E-state index contributed by atoms with van der Waals surface area (Å²) in [5.74, 6) is 1.60. The number of nitrogens with zero attached hydrogens (tertiary/aromatic N) is 2. The van der Waals surface area contributed by atoms with E-state index in [9.17, 15) is 4.79 Å². The number of para-hydroxylation sites is 1. The summed E-state index contributed by atoms with van der Waals surface area (Å²) in [6, 6.07) is 5.96. The van der Waals surface area contributed by atoms with Crippen LogP contribution in [-0.2, 0) is 4.74 Å². The largest absolute Gasteiger partial charge is 0.484 e. The van der Waals surface area contributed by atoms with Gasteiger partial charge >= 0.3 is 6.09 Å². The van der Waals surface area contributed by atoms with Gasteiger partial charge in [-0.15, -0.1) is 0 Å². The van der Waals surface area contributed by atoms with Gasteiger partial charge in [-0.05, 0) is 39.8 Å². The van der Waals surface area contributed by atoms with Gasteiger partial charge in [0.05, 0.1) is 5.69 Å². The van der Waals surface area contributed by atoms with E-state index < -0.39 is 5.60 Å². The van der Waals surface area contributed by atoms with Gasteiger partial charge in [0.2, 0.25) is 0 Å². The summed E-state index contributed by atoms with van der Waals surface area (Å²) >= 11 is 0. The minimum absolute atomic E-state index is 0.0664. The van der Waals surface area contributed by atoms with Gasteiger partial charge in [-0.2, -0.15) is 0 Å². The van der Waals surface area contributed by atoms with Gasteiger partial charge < -0.3 is 24.0 Å². The highest BCUT2D eigenvalue weighted by Crippen LogP contribution is 2.40. The van der Waals surface area contributed by atoms with Gasteiger partial charge in [0, 0.05) is 26.2 Å². The fraction of sp³-hybridized carbons (Fsp3) is 0.611. The van der Waals surface area contributed by atoms with Gasteiger partial charge in [-0.3, -0.25) is 0 Å². The van der Waals surface area contributed by atoms with E-state index in [4.69, 9.17) is 14.2 Å². The maximum Gasteiger partial charge on any atom is 0.410 e. The third-order valence-electron chi connectivity index (χ3n) is 4.02. The predicted molar refractivity (Wildman–Crippen MR) is 92.0 cm³/mol. The molecule has 0 N–H and O–H groups in total. The number of anilines is 1. The topological polar surface area (TPSA) is 51.2 Å². The molecule has 3 rings (SSSR count). The maximum atomic E-state index is 12.2. The number of fused-ring (bicyclic) bond motifs is 1. The third kappa shape index (κ3) is 3.68. The predicted octanol–water partition coefficient (Wildman–Crippen LogP) is 2.90. The van der Waals surface area contributed by atoms with Crippen molar-refractivity contribution in [2.45, 2.75) is 39.4 Å². The SMILES string of the molecule is C[C@H]1COc2c(cccc2N2CCN(C(=O)OC(C)(C)C)CC2)O1. The van der Waals surface area contributed by atoms with Crippen molar-refractivity contribution in [2.24, 2.45) is 0 Å². The molecule has 6 nitrogen and oxygen atoms in total. The number of rotatable bonds is 1. The molecule has 2 aliphatic heterocycles. The molecule has 6 heteroatoms. The minimum atomic E-state index is -0.464. The normalized spacial score (nSPS) is 20.8. The molecule has 24 heavy (non-hydrogen) atoms. The molecule has 0 aliphatic carbocycles. The van der Waals surface area contributed by atoms with Crippen molar-refractivity contribution in [1.82, 2.24) is 4.90 Å². The van der Waals surface area contributed by atoms with Gasteiger partial charge in [-0.25, -0.2) is 4.79 Å². The molecule has 0 saturated carbocycles. The molecular weight excluding hydrogens is 308 g/mol. The molecule has 1 atom stereocenters. The molecule has 132 valence electrons. The van der Waals surface area contributed by atoms with E-state index in [2.05, 4.69) is 4.90 Å². The molecule has 0 bridgehead atoms. The minimum Gasteiger partial charge on any atom is -0.484 e. The summed E-state index contributed by atoms with van der Waals surface area (Å²) in [4.78, 5) is 16.2. The van der Waals surface area contributed by atoms with Crippen molar-refractivity contribution in [3.05, 3.63) is 18.2 Å². The van der Waals surface area contributed by atoms with Crippen LogP contribution in [0.4, 0.5) is 10.5 Å². The summed E-state index contributed by atoms with van der Waals surface area (Å²) in [5.41, 5.74) is 0.567. The van der Waals surface area contributed by atoms with Crippen LogP contribution in [0.25, 0.3) is 0 Å². The Morgan fingerprint density at radius 3 is 2.58 bits per heavy atom. The van der Waals surface area contributed by atoms with Gasteiger partial charge in [0.1, 0.15) is 18.3 Å². The van der Waals surface area contributed by atoms with Crippen LogP contribution in [0.2, 0.25) is 0 Å². The molecule has 2 aliphatic rings. The molecule has 0 unspecified atom stereocenters. The van der Waals surface area contributed by atoms with E-state index in [0.29, 0.717) is 19.7 Å². The van der Waals surface area contributed by atoms with E-state index >= 15 is 0 Å². The number of ether oxygens (including phenoxy) is 3. The van der Waals surface area contributed by atoms with Crippen molar-refractivity contribution >= 4 is 11.8 Å². The number of piperazine rings is 1. The first-order chi connectivity index (χ1) is 11.3. The Labute approximate surface area is 143 Å². The highest BCUT2D eigenvalue weighted by Gasteiger charge is 2.28. The molecule has 2 heterocycles. The van der Waals surface area contributed by atoms with E-state index in [1.54, 1.807) is 4.90 Å². The highest BCUT2D eigenvalue weighted by atomic mass is 16.6. The first-order valence-corrected chi connectivity index (χ1v) is 8.49. The molecule has 1 aromatic rings. The van der Waals surface area contributed by atoms with Crippen LogP contribution in [0.5, 0.6) is 11.5 Å². The molecule has 0 spiro atoms. The number of amides is 1. The quantitative estimate of drug-likeness (QED) is 0.790. The average Bonchev–Trinajstić information content (AvgIpc) is 2.52. The van der Waals surface area contributed by atoms with Crippen LogP contribution in [0, 0.1) is 0 Å². The van der Waals surface area contributed by atoms with Crippen molar-refractivity contribution in [1.29, 1.82) is 0 Å². The molecule has 0 radical (unpaired) electrons. The lowest BCUT2D eigenvalue weighted by Crippen LogP contribution is -2.50. The van der Waals surface area contributed by atoms with Crippen LogP contribution in [0.3, 0.4) is 0 Å². The second kappa shape index (κ2) is 6.42. The van der Waals surface area contributed by atoms with Crippen molar-refractivity contribution in [3.8, 4) is 11.5 Å². The van der Waals surface area contributed by atoms with Crippen LogP contribution in [0.15, 0.2) is 18.2 Å². The first kappa shape index (κ1) is 16.7. The molecule has 1 aromatic carbocycles. The lowest BCUT2D eigenvalue weighted by Gasteiger charge is -2.38. The summed E-state index contributed by atoms with van der Waals surface area (Å²) in [6.07, 6.45) is -0.178. The summed E-state index contributed by atoms with van der Waals surface area (Å²) in [5, 5.41) is 0. The Hall–Kier alpha value is -2.11. The summed E-state index contributed by atoms with van der Waals surface area (Å²) < 4.78 is 17.2. The van der Waals surface area contributed by atoms with Gasteiger partial charge in [0.25, 0.3) is 0 Å². The van der Waals surface area contributed by atoms with E-state index in [1.165, 1.54) is 0 Å². The third-order valence-corrected chi connectivity index (χ3v) is 4.02. The zero-order valence-corrected chi connectivity index (χ0v) is 14.9. The van der Waals surface area contributed by atoms with Gasteiger partial charge in [-0.1, -0.05) is 6.07 Å². The maximum absolute atomic E-state index is 12.2. The number of carbonyl (C=O) groups is 1. The van der Waals surface area contributed by atoms with Crippen LogP contribution >= 0.6 is 0 Å². The monoisotopic (exact) mass is 334 g/mol. The highest BCUT2D eigenvalue weighted by molar-refractivity contribution is 5.70. The van der Waals surface area contributed by atoms with E-state index in [0.717, 1.165) is 30.3 Å². The number of hydrogen-bond donors (Lipinski definition) is 0. The summed E-state index contributed by atoms with van der Waals surface area (Å²) in [7, 11) is 0. The smallest absolute Gasteiger partial charge is 0.410 e. The van der Waals surface area contributed by atoms with E-state index in [-0.39, 0.29) is 12.2 Å². The zero-order chi connectivity index (χ0) is 17.3. The lowest BCUT2D eigenvalue weighted by atomic mass is 10.2. The van der Waals surface area contributed by atoms with Crippen LogP contribution < -0.4 is 14.4 Å². The van der Waals surface area contributed by atoms with Crippen molar-refractivity contribution < 1.29 is 19.0 Å². The number of hydrogen-bond acceptors (Lipinski definition) is 5. The standard InChI is InChI=1S/C18H26N2O4/c1-13-12-22-16-14(6-5-7-15(16)23-13)19-8-10-20(11-9-19)17(21)24-18(2,3)4/h5-7,13H,8-12H2,1-4H3/t13-/m0/s1. The Balaban J connectivity index is 1.65. The fourth-order valence-corrected chi connectivity index (χ4v) is 2.90. The Morgan fingerprint density at radius 2 is 1.92 bits per heavy atom. The lowest BCUT2D eigenvalue weighted by molar-refractivity contribution is 0.0240. The van der Waals surface area contributed by atoms with E-state index in [1.807, 2.05) is 45.9 Å². The van der Waals surface area contributed by atoms with Gasteiger partial charge in [0.15, 0.2) is 11.5 Å². The second-order valence-electron chi connectivity index (χ2n) is 7.30. The summed E-state index contributed by atoms with van der Waals surface area (Å²) in [6.45, 7) is 11.0. The van der Waals surface area contributed by atoms with Crippen LogP contribution in [-0.4, -0.2) is 55.5 Å². The van der Waals surface area contributed by atoms with Crippen molar-refractivity contribution in [2.75, 3.05) is 37.7 Å². The molecular formula is C18H26N2O4. The molecule has 1 saturated heterocycles. The first-order valence-electron chi connectivity index (χ1n) is 8.49. The average molecular weight is 334 g/mol. The Morgan fingerprint density at radius 1 is 1.21 bits per heavy atom. The van der Waals surface area contributed by atoms with Crippen molar-refractivity contribution in [3.63, 3.8) is 0 Å². The Bertz CT molecular complexity index is 604. The number of carbonyl (C=O) groups excluding carboxylic acids is 1. The number of benzene rings is 1. The Kier molecular flexibility index (Phi) is 4.47. The fourth-order valence-electron chi connectivity index (χ4n) is 2.90.